The Bertz CT molecular complexity index is 1420. The van der Waals surface area contributed by atoms with Gasteiger partial charge in [-0.3, -0.25) is 4.79 Å². The summed E-state index contributed by atoms with van der Waals surface area (Å²) in [5.74, 6) is 0. The van der Waals surface area contributed by atoms with E-state index in [1.807, 2.05) is 6.07 Å². The van der Waals surface area contributed by atoms with Gasteiger partial charge in [0.25, 0.3) is 6.47 Å². The molecule has 2 aromatic heterocycles. The maximum atomic E-state index is 10.4. The fourth-order valence-electron chi connectivity index (χ4n) is 4.23. The number of anilines is 3. The number of carbonyl (C=O) groups excluding carboxylic acids is 1. The molecule has 6 heteroatoms. The van der Waals surface area contributed by atoms with Gasteiger partial charge in [-0.1, -0.05) is 54.1 Å². The maximum absolute atomic E-state index is 10.4. The second-order valence-corrected chi connectivity index (χ2v) is 9.85. The van der Waals surface area contributed by atoms with Crippen LogP contribution in [0.25, 0.3) is 21.6 Å². The van der Waals surface area contributed by atoms with Crippen LogP contribution in [0.3, 0.4) is 0 Å². The number of hydrogen-bond acceptors (Lipinski definition) is 5. The van der Waals surface area contributed by atoms with E-state index in [9.17, 15) is 4.79 Å². The van der Waals surface area contributed by atoms with Gasteiger partial charge in [-0.15, -0.1) is 11.3 Å². The Morgan fingerprint density at radius 3 is 1.97 bits per heavy atom. The van der Waals surface area contributed by atoms with E-state index in [1.165, 1.54) is 16.0 Å². The number of thiophene rings is 1. The minimum atomic E-state index is 0.434. The molecule has 0 aliphatic heterocycles. The second kappa shape index (κ2) is 11.9. The molecule has 37 heavy (non-hydrogen) atoms. The highest BCUT2D eigenvalue weighted by atomic mass is 35.5. The van der Waals surface area contributed by atoms with E-state index in [0.29, 0.717) is 18.2 Å². The van der Waals surface area contributed by atoms with Gasteiger partial charge in [0, 0.05) is 33.7 Å². The predicted octanol–water partition coefficient (Wildman–Crippen LogP) is 8.71. The third-order valence-corrected chi connectivity index (χ3v) is 7.25. The highest BCUT2D eigenvalue weighted by molar-refractivity contribution is 7.13. The molecule has 0 aliphatic rings. The maximum Gasteiger partial charge on any atom is 0.293 e. The minimum Gasteiger partial charge on any atom is -0.468 e. The molecule has 0 bridgehead atoms. The smallest absolute Gasteiger partial charge is 0.293 e. The first-order valence-corrected chi connectivity index (χ1v) is 13.3. The van der Waals surface area contributed by atoms with Crippen LogP contribution in [-0.2, 0) is 16.0 Å². The summed E-state index contributed by atoms with van der Waals surface area (Å²) in [6.07, 6.45) is 3.44. The van der Waals surface area contributed by atoms with Gasteiger partial charge in [-0.25, -0.2) is 4.98 Å². The van der Waals surface area contributed by atoms with Crippen molar-refractivity contribution in [2.24, 2.45) is 0 Å². The summed E-state index contributed by atoms with van der Waals surface area (Å²) in [5.41, 5.74) is 7.71. The van der Waals surface area contributed by atoms with Crippen molar-refractivity contribution in [3.63, 3.8) is 0 Å². The molecule has 0 saturated heterocycles. The number of hydrogen-bond donors (Lipinski definition) is 0. The Labute approximate surface area is 225 Å². The van der Waals surface area contributed by atoms with Crippen molar-refractivity contribution >= 4 is 46.5 Å². The molecular weight excluding hydrogens is 500 g/mol. The van der Waals surface area contributed by atoms with Crippen LogP contribution < -0.4 is 4.90 Å². The third kappa shape index (κ3) is 6.08. The van der Waals surface area contributed by atoms with Crippen LogP contribution in [0.2, 0.25) is 5.15 Å². The number of carbonyl (C=O) groups is 1. The molecular formula is C31H25ClN2O2S. The van der Waals surface area contributed by atoms with Gasteiger partial charge in [0.15, 0.2) is 0 Å². The van der Waals surface area contributed by atoms with Gasteiger partial charge in [0.1, 0.15) is 5.15 Å². The molecule has 4 nitrogen and oxygen atoms in total. The molecule has 0 saturated carbocycles. The van der Waals surface area contributed by atoms with Gasteiger partial charge < -0.3 is 9.64 Å². The Morgan fingerprint density at radius 1 is 0.784 bits per heavy atom. The first-order valence-electron chi connectivity index (χ1n) is 12.0. The van der Waals surface area contributed by atoms with Crippen LogP contribution in [0.5, 0.6) is 0 Å². The molecule has 0 fully saturated rings. The molecule has 0 aliphatic carbocycles. The Kier molecular flexibility index (Phi) is 7.94. The first-order chi connectivity index (χ1) is 18.2. The number of rotatable bonds is 10. The van der Waals surface area contributed by atoms with E-state index in [1.54, 1.807) is 23.6 Å². The number of halogens is 1. The van der Waals surface area contributed by atoms with Crippen molar-refractivity contribution in [1.29, 1.82) is 0 Å². The van der Waals surface area contributed by atoms with E-state index >= 15 is 0 Å². The van der Waals surface area contributed by atoms with Gasteiger partial charge in [0.05, 0.1) is 6.61 Å². The van der Waals surface area contributed by atoms with Crippen molar-refractivity contribution in [3.8, 4) is 21.6 Å². The van der Waals surface area contributed by atoms with E-state index in [-0.39, 0.29) is 0 Å². The summed E-state index contributed by atoms with van der Waals surface area (Å²) in [4.78, 5) is 18.1. The number of nitrogens with zero attached hydrogens (tertiary/aromatic N) is 2. The molecule has 0 N–H and O–H groups in total. The average Bonchev–Trinajstić information content (AvgIpc) is 3.49. The zero-order chi connectivity index (χ0) is 25.5. The van der Waals surface area contributed by atoms with Crippen LogP contribution in [0, 0.1) is 0 Å². The molecule has 5 rings (SSSR count). The lowest BCUT2D eigenvalue weighted by Gasteiger charge is -2.26. The SMILES string of the molecule is O=COCCCc1ccc(N(c2ccc(-c3ccc(Cl)nc3)cc2)c2ccc(-c3cccs3)cc2)cc1. The summed E-state index contributed by atoms with van der Waals surface area (Å²) in [7, 11) is 0. The summed E-state index contributed by atoms with van der Waals surface area (Å²) in [6, 6.07) is 33.7. The fourth-order valence-corrected chi connectivity index (χ4v) is 5.08. The first kappa shape index (κ1) is 24.8. The van der Waals surface area contributed by atoms with Gasteiger partial charge in [0.2, 0.25) is 0 Å². The summed E-state index contributed by atoms with van der Waals surface area (Å²) in [6.45, 7) is 0.933. The normalized spacial score (nSPS) is 10.7. The Balaban J connectivity index is 1.45. The van der Waals surface area contributed by atoms with Crippen molar-refractivity contribution < 1.29 is 9.53 Å². The molecule has 0 spiro atoms. The molecule has 184 valence electrons. The number of benzene rings is 3. The zero-order valence-corrected chi connectivity index (χ0v) is 21.7. The molecule has 3 aromatic carbocycles. The van der Waals surface area contributed by atoms with Crippen LogP contribution in [0.4, 0.5) is 17.1 Å². The fraction of sp³-hybridized carbons (Fsp3) is 0.0968. The van der Waals surface area contributed by atoms with E-state index in [4.69, 9.17) is 16.3 Å². The molecule has 0 radical (unpaired) electrons. The lowest BCUT2D eigenvalue weighted by Crippen LogP contribution is -2.10. The van der Waals surface area contributed by atoms with Gasteiger partial charge in [-0.05, 0) is 89.5 Å². The van der Waals surface area contributed by atoms with Crippen LogP contribution >= 0.6 is 22.9 Å². The van der Waals surface area contributed by atoms with Crippen LogP contribution in [0.15, 0.2) is 109 Å². The molecule has 2 heterocycles. The second-order valence-electron chi connectivity index (χ2n) is 8.51. The minimum absolute atomic E-state index is 0.434. The topological polar surface area (TPSA) is 42.4 Å². The highest BCUT2D eigenvalue weighted by Gasteiger charge is 2.13. The van der Waals surface area contributed by atoms with Crippen molar-refractivity contribution in [1.82, 2.24) is 4.98 Å². The largest absolute Gasteiger partial charge is 0.468 e. The van der Waals surface area contributed by atoms with E-state index in [0.717, 1.165) is 41.0 Å². The number of aromatic nitrogens is 1. The zero-order valence-electron chi connectivity index (χ0n) is 20.1. The van der Waals surface area contributed by atoms with Crippen molar-refractivity contribution in [2.75, 3.05) is 11.5 Å². The summed E-state index contributed by atoms with van der Waals surface area (Å²) in [5, 5.41) is 2.58. The van der Waals surface area contributed by atoms with Gasteiger partial charge in [-0.2, -0.15) is 0 Å². The quantitative estimate of drug-likeness (QED) is 0.104. The third-order valence-electron chi connectivity index (χ3n) is 6.11. The lowest BCUT2D eigenvalue weighted by atomic mass is 10.1. The van der Waals surface area contributed by atoms with Crippen LogP contribution in [0.1, 0.15) is 12.0 Å². The lowest BCUT2D eigenvalue weighted by molar-refractivity contribution is -0.128. The predicted molar refractivity (Wildman–Crippen MR) is 153 cm³/mol. The van der Waals surface area contributed by atoms with Crippen molar-refractivity contribution in [2.45, 2.75) is 12.8 Å². The Hall–Kier alpha value is -3.93. The molecule has 0 amide bonds. The Morgan fingerprint density at radius 2 is 1.41 bits per heavy atom. The monoisotopic (exact) mass is 524 g/mol. The average molecular weight is 525 g/mol. The van der Waals surface area contributed by atoms with E-state index in [2.05, 4.69) is 100 Å². The summed E-state index contributed by atoms with van der Waals surface area (Å²) < 4.78 is 4.82. The highest BCUT2D eigenvalue weighted by Crippen LogP contribution is 2.37. The van der Waals surface area contributed by atoms with E-state index < -0.39 is 0 Å². The standard InChI is InChI=1S/C31H25ClN2O2S/c32-31-18-11-26(21-33-31)24-7-14-28(15-8-24)34(27-12-5-23(6-13-27)3-1-19-36-22-35)29-16-9-25(10-17-29)30-4-2-20-37-30/h2,4-18,20-22H,1,3,19H2. The molecule has 0 atom stereocenters. The number of ether oxygens (including phenoxy) is 1. The molecule has 5 aromatic rings. The van der Waals surface area contributed by atoms with Gasteiger partial charge >= 0.3 is 0 Å². The van der Waals surface area contributed by atoms with Crippen LogP contribution in [-0.4, -0.2) is 18.1 Å². The number of aryl methyl sites for hydroxylation is 1. The number of pyridine rings is 1. The van der Waals surface area contributed by atoms with Crippen molar-refractivity contribution in [3.05, 3.63) is 119 Å². The summed E-state index contributed by atoms with van der Waals surface area (Å²) >= 11 is 7.70. The molecule has 0 unspecified atom stereocenters.